The van der Waals surface area contributed by atoms with Gasteiger partial charge in [0.25, 0.3) is 0 Å². The number of nitrogen functional groups attached to an aromatic ring is 1. The third-order valence-electron chi connectivity index (χ3n) is 4.04. The quantitative estimate of drug-likeness (QED) is 0.808. The average molecular weight is 288 g/mol. The molecular weight excluding hydrogens is 260 g/mol. The highest BCUT2D eigenvalue weighted by molar-refractivity contribution is 5.78. The number of hydrogen-bond donors (Lipinski definition) is 1. The first kappa shape index (κ1) is 15.8. The predicted octanol–water partition coefficient (Wildman–Crippen LogP) is 3.56. The van der Waals surface area contributed by atoms with Gasteiger partial charge in [-0.15, -0.1) is 0 Å². The van der Waals surface area contributed by atoms with Crippen LogP contribution in [0.15, 0.2) is 18.2 Å². The van der Waals surface area contributed by atoms with Crippen molar-refractivity contribution in [1.29, 1.82) is 0 Å². The Kier molecular flexibility index (Phi) is 5.62. The Morgan fingerprint density at radius 1 is 1.14 bits per heavy atom. The van der Waals surface area contributed by atoms with Crippen molar-refractivity contribution in [1.82, 2.24) is 14.5 Å². The number of nitrogens with two attached hydrogens (primary N) is 1. The molecule has 1 aromatic heterocycles. The van der Waals surface area contributed by atoms with Gasteiger partial charge < -0.3 is 10.3 Å². The van der Waals surface area contributed by atoms with Crippen molar-refractivity contribution in [3.63, 3.8) is 0 Å². The molecule has 0 fully saturated rings. The maximum Gasteiger partial charge on any atom is 0.200 e. The van der Waals surface area contributed by atoms with Gasteiger partial charge >= 0.3 is 0 Å². The minimum Gasteiger partial charge on any atom is -0.369 e. The van der Waals surface area contributed by atoms with Crippen LogP contribution in [0.2, 0.25) is 0 Å². The summed E-state index contributed by atoms with van der Waals surface area (Å²) in [6.45, 7) is 7.89. The normalized spacial score (nSPS) is 11.6. The van der Waals surface area contributed by atoms with Gasteiger partial charge in [0.1, 0.15) is 0 Å². The van der Waals surface area contributed by atoms with Gasteiger partial charge in [-0.3, -0.25) is 4.90 Å². The lowest BCUT2D eigenvalue weighted by Gasteiger charge is -2.22. The fourth-order valence-electron chi connectivity index (χ4n) is 2.64. The first-order valence-corrected chi connectivity index (χ1v) is 8.08. The molecule has 4 heteroatoms. The summed E-state index contributed by atoms with van der Waals surface area (Å²) < 4.78 is 1.96. The number of fused-ring (bicyclic) bond motifs is 1. The topological polar surface area (TPSA) is 47.1 Å². The zero-order chi connectivity index (χ0) is 15.2. The number of nitrogens with zero attached hydrogens (tertiary/aromatic N) is 3. The summed E-state index contributed by atoms with van der Waals surface area (Å²) in [5.41, 5.74) is 9.32. The maximum absolute atomic E-state index is 5.88. The van der Waals surface area contributed by atoms with E-state index in [2.05, 4.69) is 41.9 Å². The largest absolute Gasteiger partial charge is 0.369 e. The number of anilines is 1. The Balaban J connectivity index is 2.13. The van der Waals surface area contributed by atoms with E-state index in [9.17, 15) is 0 Å². The molecule has 2 aromatic rings. The van der Waals surface area contributed by atoms with Gasteiger partial charge in [0, 0.05) is 13.6 Å². The van der Waals surface area contributed by atoms with Crippen LogP contribution in [-0.4, -0.2) is 27.5 Å². The molecule has 116 valence electrons. The molecule has 0 unspecified atom stereocenters. The number of benzene rings is 1. The van der Waals surface area contributed by atoms with Crippen LogP contribution in [0, 0.1) is 0 Å². The first-order valence-electron chi connectivity index (χ1n) is 8.08. The molecule has 0 atom stereocenters. The Hall–Kier alpha value is -1.55. The van der Waals surface area contributed by atoms with Crippen molar-refractivity contribution in [2.75, 3.05) is 18.8 Å². The molecule has 0 radical (unpaired) electrons. The second-order valence-electron chi connectivity index (χ2n) is 5.84. The average Bonchev–Trinajstić information content (AvgIpc) is 2.77. The van der Waals surface area contributed by atoms with E-state index in [1.54, 1.807) is 0 Å². The van der Waals surface area contributed by atoms with Crippen molar-refractivity contribution >= 4 is 17.0 Å². The van der Waals surface area contributed by atoms with Gasteiger partial charge in [0.15, 0.2) is 0 Å². The number of unbranched alkanes of at least 4 members (excludes halogenated alkanes) is 2. The van der Waals surface area contributed by atoms with E-state index in [1.807, 2.05) is 11.6 Å². The van der Waals surface area contributed by atoms with Crippen LogP contribution in [0.25, 0.3) is 11.0 Å². The standard InChI is InChI=1S/C17H28N4/c1-4-6-10-21(11-7-5-2)13-14-8-9-15-16(12-14)20(3)17(18)19-15/h8-9,12H,4-7,10-11,13H2,1-3H3,(H2,18,19). The van der Waals surface area contributed by atoms with Crippen LogP contribution >= 0.6 is 0 Å². The molecule has 1 aromatic carbocycles. The lowest BCUT2D eigenvalue weighted by Crippen LogP contribution is -2.25. The fraction of sp³-hybridized carbons (Fsp3) is 0.588. The molecule has 0 aliphatic heterocycles. The van der Waals surface area contributed by atoms with Gasteiger partial charge in [-0.1, -0.05) is 32.8 Å². The molecule has 0 aliphatic carbocycles. The molecule has 21 heavy (non-hydrogen) atoms. The summed E-state index contributed by atoms with van der Waals surface area (Å²) in [7, 11) is 1.97. The van der Waals surface area contributed by atoms with E-state index < -0.39 is 0 Å². The molecule has 2 rings (SSSR count). The zero-order valence-corrected chi connectivity index (χ0v) is 13.6. The van der Waals surface area contributed by atoms with Crippen LogP contribution < -0.4 is 5.73 Å². The van der Waals surface area contributed by atoms with E-state index in [0.717, 1.165) is 17.6 Å². The Morgan fingerprint density at radius 2 is 1.81 bits per heavy atom. The summed E-state index contributed by atoms with van der Waals surface area (Å²) in [5.74, 6) is 0.580. The van der Waals surface area contributed by atoms with Gasteiger partial charge in [0.05, 0.1) is 11.0 Å². The number of imidazole rings is 1. The van der Waals surface area contributed by atoms with Gasteiger partial charge in [0.2, 0.25) is 5.95 Å². The molecule has 4 nitrogen and oxygen atoms in total. The third kappa shape index (κ3) is 3.97. The van der Waals surface area contributed by atoms with Crippen molar-refractivity contribution in [3.8, 4) is 0 Å². The van der Waals surface area contributed by atoms with E-state index in [1.165, 1.54) is 44.3 Å². The van der Waals surface area contributed by atoms with E-state index >= 15 is 0 Å². The summed E-state index contributed by atoms with van der Waals surface area (Å²) >= 11 is 0. The number of aryl methyl sites for hydroxylation is 1. The minimum absolute atomic E-state index is 0.580. The Bertz CT molecular complexity index is 565. The summed E-state index contributed by atoms with van der Waals surface area (Å²) in [6, 6.07) is 6.49. The second kappa shape index (κ2) is 7.46. The number of rotatable bonds is 8. The molecular formula is C17H28N4. The summed E-state index contributed by atoms with van der Waals surface area (Å²) in [4.78, 5) is 6.92. The van der Waals surface area contributed by atoms with Gasteiger partial charge in [-0.2, -0.15) is 0 Å². The number of aromatic nitrogens is 2. The van der Waals surface area contributed by atoms with Crippen LogP contribution in [0.5, 0.6) is 0 Å². The maximum atomic E-state index is 5.88. The monoisotopic (exact) mass is 288 g/mol. The highest BCUT2D eigenvalue weighted by atomic mass is 15.1. The van der Waals surface area contributed by atoms with Crippen molar-refractivity contribution in [2.24, 2.45) is 7.05 Å². The highest BCUT2D eigenvalue weighted by Gasteiger charge is 2.09. The van der Waals surface area contributed by atoms with E-state index in [-0.39, 0.29) is 0 Å². The van der Waals surface area contributed by atoms with Crippen LogP contribution in [0.1, 0.15) is 45.1 Å². The second-order valence-corrected chi connectivity index (χ2v) is 5.84. The van der Waals surface area contributed by atoms with E-state index in [4.69, 9.17) is 5.73 Å². The Morgan fingerprint density at radius 3 is 2.43 bits per heavy atom. The van der Waals surface area contributed by atoms with Crippen molar-refractivity contribution < 1.29 is 0 Å². The van der Waals surface area contributed by atoms with E-state index in [0.29, 0.717) is 5.95 Å². The summed E-state index contributed by atoms with van der Waals surface area (Å²) in [6.07, 6.45) is 5.04. The van der Waals surface area contributed by atoms with Crippen molar-refractivity contribution in [3.05, 3.63) is 23.8 Å². The first-order chi connectivity index (χ1) is 10.2. The minimum atomic E-state index is 0.580. The summed E-state index contributed by atoms with van der Waals surface area (Å²) in [5, 5.41) is 0. The lowest BCUT2D eigenvalue weighted by molar-refractivity contribution is 0.257. The molecule has 0 spiro atoms. The van der Waals surface area contributed by atoms with Crippen LogP contribution in [0.3, 0.4) is 0 Å². The smallest absolute Gasteiger partial charge is 0.200 e. The zero-order valence-electron chi connectivity index (χ0n) is 13.6. The predicted molar refractivity (Wildman–Crippen MR) is 90.2 cm³/mol. The molecule has 0 bridgehead atoms. The SMILES string of the molecule is CCCCN(CCCC)Cc1ccc2nc(N)n(C)c2c1. The molecule has 0 amide bonds. The number of hydrogen-bond acceptors (Lipinski definition) is 3. The highest BCUT2D eigenvalue weighted by Crippen LogP contribution is 2.19. The molecule has 0 aliphatic rings. The van der Waals surface area contributed by atoms with Gasteiger partial charge in [-0.25, -0.2) is 4.98 Å². The molecule has 0 saturated carbocycles. The van der Waals surface area contributed by atoms with Crippen LogP contribution in [0.4, 0.5) is 5.95 Å². The van der Waals surface area contributed by atoms with Crippen LogP contribution in [-0.2, 0) is 13.6 Å². The lowest BCUT2D eigenvalue weighted by atomic mass is 10.1. The third-order valence-corrected chi connectivity index (χ3v) is 4.04. The van der Waals surface area contributed by atoms with Crippen molar-refractivity contribution in [2.45, 2.75) is 46.1 Å². The molecule has 2 N–H and O–H groups in total. The van der Waals surface area contributed by atoms with Gasteiger partial charge in [-0.05, 0) is 43.6 Å². The molecule has 1 heterocycles. The Labute approximate surface area is 128 Å². The molecule has 0 saturated heterocycles. The fourth-order valence-corrected chi connectivity index (χ4v) is 2.64.